The number of ether oxygens (including phenoxy) is 2. The summed E-state index contributed by atoms with van der Waals surface area (Å²) in [6, 6.07) is 9.79. The van der Waals surface area contributed by atoms with Crippen molar-refractivity contribution in [2.45, 2.75) is 38.6 Å². The molecule has 0 spiro atoms. The second-order valence-corrected chi connectivity index (χ2v) is 4.21. The van der Waals surface area contributed by atoms with Crippen molar-refractivity contribution in [3.63, 3.8) is 0 Å². The first kappa shape index (κ1) is 13.9. The van der Waals surface area contributed by atoms with Crippen LogP contribution in [0, 0.1) is 0 Å². The van der Waals surface area contributed by atoms with Gasteiger partial charge in [0, 0.05) is 7.11 Å². The highest BCUT2D eigenvalue weighted by Crippen LogP contribution is 2.20. The molecule has 2 unspecified atom stereocenters. The van der Waals surface area contributed by atoms with E-state index in [4.69, 9.17) is 9.47 Å². The molecule has 0 saturated heterocycles. The van der Waals surface area contributed by atoms with Gasteiger partial charge >= 0.3 is 0 Å². The summed E-state index contributed by atoms with van der Waals surface area (Å²) in [5.41, 5.74) is 0.158. The molecule has 0 aromatic heterocycles. The average Bonchev–Trinajstić information content (AvgIpc) is 2.39. The van der Waals surface area contributed by atoms with Crippen LogP contribution in [0.3, 0.4) is 0 Å². The molecule has 0 aliphatic rings. The van der Waals surface area contributed by atoms with Crippen LogP contribution in [-0.4, -0.2) is 25.1 Å². The maximum absolute atomic E-state index is 11.2. The third-order valence-corrected chi connectivity index (χ3v) is 2.92. The first-order valence-electron chi connectivity index (χ1n) is 5.83. The van der Waals surface area contributed by atoms with Crippen molar-refractivity contribution >= 4 is 6.29 Å². The molecular weight excluding hydrogens is 216 g/mol. The van der Waals surface area contributed by atoms with Gasteiger partial charge in [0.25, 0.3) is 0 Å². The van der Waals surface area contributed by atoms with Gasteiger partial charge < -0.3 is 14.3 Å². The Morgan fingerprint density at radius 1 is 1.35 bits per heavy atom. The molecule has 0 bridgehead atoms. The Kier molecular flexibility index (Phi) is 5.32. The summed E-state index contributed by atoms with van der Waals surface area (Å²) in [6.07, 6.45) is 1.34. The normalized spacial score (nSPS) is 16.2. The Morgan fingerprint density at radius 3 is 2.47 bits per heavy atom. The largest absolute Gasteiger partial charge is 0.378 e. The van der Waals surface area contributed by atoms with E-state index in [0.29, 0.717) is 6.61 Å². The molecule has 0 radical (unpaired) electrons. The molecule has 0 aliphatic heterocycles. The van der Waals surface area contributed by atoms with E-state index in [9.17, 15) is 4.79 Å². The van der Waals surface area contributed by atoms with Crippen molar-refractivity contribution in [2.75, 3.05) is 7.11 Å². The summed E-state index contributed by atoms with van der Waals surface area (Å²) in [5, 5.41) is 0. The zero-order valence-corrected chi connectivity index (χ0v) is 10.7. The van der Waals surface area contributed by atoms with E-state index in [1.807, 2.05) is 37.3 Å². The van der Waals surface area contributed by atoms with Gasteiger partial charge in [0.2, 0.25) is 0 Å². The minimum atomic E-state index is -0.890. The van der Waals surface area contributed by atoms with E-state index in [2.05, 4.69) is 0 Å². The third-order valence-electron chi connectivity index (χ3n) is 2.92. The molecule has 94 valence electrons. The van der Waals surface area contributed by atoms with Gasteiger partial charge in [-0.2, -0.15) is 0 Å². The fourth-order valence-electron chi connectivity index (χ4n) is 1.82. The molecule has 1 aromatic carbocycles. The number of carbonyl (C=O) groups is 1. The van der Waals surface area contributed by atoms with E-state index >= 15 is 0 Å². The SMILES string of the molecule is CCC(OC)C(C)(C=O)OCc1ccccc1. The molecule has 0 heterocycles. The predicted molar refractivity (Wildman–Crippen MR) is 66.8 cm³/mol. The van der Waals surface area contributed by atoms with Crippen LogP contribution >= 0.6 is 0 Å². The van der Waals surface area contributed by atoms with Crippen molar-refractivity contribution < 1.29 is 14.3 Å². The maximum atomic E-state index is 11.2. The fraction of sp³-hybridized carbons (Fsp3) is 0.500. The minimum absolute atomic E-state index is 0.219. The zero-order valence-electron chi connectivity index (χ0n) is 10.7. The molecule has 0 amide bonds. The fourth-order valence-corrected chi connectivity index (χ4v) is 1.82. The first-order chi connectivity index (χ1) is 8.16. The second-order valence-electron chi connectivity index (χ2n) is 4.21. The standard InChI is InChI=1S/C14H20O3/c1-4-13(16-3)14(2,11-15)17-10-12-8-6-5-7-9-12/h5-9,11,13H,4,10H2,1-3H3. The van der Waals surface area contributed by atoms with Crippen LogP contribution in [0.1, 0.15) is 25.8 Å². The molecular formula is C14H20O3. The smallest absolute Gasteiger partial charge is 0.154 e. The molecule has 3 heteroatoms. The molecule has 1 aromatic rings. The molecule has 3 nitrogen and oxygen atoms in total. The van der Waals surface area contributed by atoms with Crippen molar-refractivity contribution in [2.24, 2.45) is 0 Å². The molecule has 2 atom stereocenters. The molecule has 0 N–H and O–H groups in total. The summed E-state index contributed by atoms with van der Waals surface area (Å²) in [5.74, 6) is 0. The monoisotopic (exact) mass is 236 g/mol. The average molecular weight is 236 g/mol. The Balaban J connectivity index is 2.66. The van der Waals surface area contributed by atoms with Crippen LogP contribution in [0.25, 0.3) is 0 Å². The maximum Gasteiger partial charge on any atom is 0.154 e. The lowest BCUT2D eigenvalue weighted by atomic mass is 9.98. The highest BCUT2D eigenvalue weighted by atomic mass is 16.5. The van der Waals surface area contributed by atoms with Crippen LogP contribution in [0.5, 0.6) is 0 Å². The van der Waals surface area contributed by atoms with Gasteiger partial charge in [-0.1, -0.05) is 37.3 Å². The highest BCUT2D eigenvalue weighted by molar-refractivity contribution is 5.63. The number of aldehydes is 1. The zero-order chi connectivity index (χ0) is 12.7. The van der Waals surface area contributed by atoms with Gasteiger partial charge in [0.05, 0.1) is 12.7 Å². The number of benzene rings is 1. The summed E-state index contributed by atoms with van der Waals surface area (Å²) in [4.78, 5) is 11.2. The van der Waals surface area contributed by atoms with Crippen LogP contribution in [0.4, 0.5) is 0 Å². The summed E-state index contributed by atoms with van der Waals surface area (Å²) in [7, 11) is 1.60. The van der Waals surface area contributed by atoms with Crippen LogP contribution in [-0.2, 0) is 20.9 Å². The summed E-state index contributed by atoms with van der Waals surface area (Å²) < 4.78 is 11.0. The van der Waals surface area contributed by atoms with Gasteiger partial charge in [-0.25, -0.2) is 0 Å². The van der Waals surface area contributed by atoms with Crippen LogP contribution < -0.4 is 0 Å². The topological polar surface area (TPSA) is 35.5 Å². The molecule has 1 rings (SSSR count). The van der Waals surface area contributed by atoms with Crippen molar-refractivity contribution in [1.82, 2.24) is 0 Å². The molecule has 0 fully saturated rings. The van der Waals surface area contributed by atoms with E-state index in [1.165, 1.54) is 0 Å². The van der Waals surface area contributed by atoms with Gasteiger partial charge in [0.1, 0.15) is 5.60 Å². The minimum Gasteiger partial charge on any atom is -0.378 e. The second kappa shape index (κ2) is 6.52. The Hall–Kier alpha value is -1.19. The lowest BCUT2D eigenvalue weighted by Gasteiger charge is -2.31. The van der Waals surface area contributed by atoms with E-state index < -0.39 is 5.60 Å². The van der Waals surface area contributed by atoms with Crippen molar-refractivity contribution in [3.8, 4) is 0 Å². The first-order valence-corrected chi connectivity index (χ1v) is 5.83. The predicted octanol–water partition coefficient (Wildman–Crippen LogP) is 2.59. The molecule has 0 saturated carbocycles. The van der Waals surface area contributed by atoms with Gasteiger partial charge in [-0.05, 0) is 18.9 Å². The summed E-state index contributed by atoms with van der Waals surface area (Å²) in [6.45, 7) is 4.15. The van der Waals surface area contributed by atoms with E-state index in [-0.39, 0.29) is 6.10 Å². The van der Waals surface area contributed by atoms with E-state index in [1.54, 1.807) is 14.0 Å². The third kappa shape index (κ3) is 3.65. The highest BCUT2D eigenvalue weighted by Gasteiger charge is 2.34. The molecule has 17 heavy (non-hydrogen) atoms. The number of hydrogen-bond donors (Lipinski definition) is 0. The Labute approximate surface area is 103 Å². The summed E-state index contributed by atoms with van der Waals surface area (Å²) >= 11 is 0. The number of rotatable bonds is 7. The number of carbonyl (C=O) groups excluding carboxylic acids is 1. The van der Waals surface area contributed by atoms with Crippen molar-refractivity contribution in [1.29, 1.82) is 0 Å². The lowest BCUT2D eigenvalue weighted by molar-refractivity contribution is -0.154. The molecule has 0 aliphatic carbocycles. The van der Waals surface area contributed by atoms with Gasteiger partial charge in [0.15, 0.2) is 6.29 Å². The lowest BCUT2D eigenvalue weighted by Crippen LogP contribution is -2.44. The van der Waals surface area contributed by atoms with Crippen LogP contribution in [0.15, 0.2) is 30.3 Å². The van der Waals surface area contributed by atoms with Gasteiger partial charge in [-0.3, -0.25) is 0 Å². The van der Waals surface area contributed by atoms with E-state index in [0.717, 1.165) is 18.3 Å². The number of hydrogen-bond acceptors (Lipinski definition) is 3. The Morgan fingerprint density at radius 2 is 2.00 bits per heavy atom. The van der Waals surface area contributed by atoms with Crippen LogP contribution in [0.2, 0.25) is 0 Å². The number of methoxy groups -OCH3 is 1. The van der Waals surface area contributed by atoms with Crippen molar-refractivity contribution in [3.05, 3.63) is 35.9 Å². The van der Waals surface area contributed by atoms with Gasteiger partial charge in [-0.15, -0.1) is 0 Å². The quantitative estimate of drug-likeness (QED) is 0.683. The Bertz CT molecular complexity index is 333.